The molecule has 0 saturated carbocycles. The van der Waals surface area contributed by atoms with Crippen LogP contribution in [0.4, 0.5) is 0 Å². The standard InChI is InChI=1S/C21H27N3O4S/c1-24-14-6-10-18(24)12-13-23-29(27,28)19-11-5-9-17(15-19)21(26,20(22)25)16-7-3-2-4-8-16/h2-5,7-9,11,15,18,23,26H,6,10,12-14H2,1H3,(H2,22,25). The molecule has 1 aliphatic heterocycles. The third kappa shape index (κ3) is 4.51. The average Bonchev–Trinajstić information content (AvgIpc) is 3.12. The van der Waals surface area contributed by atoms with Crippen LogP contribution in [0.2, 0.25) is 0 Å². The molecule has 0 spiro atoms. The smallest absolute Gasteiger partial charge is 0.258 e. The van der Waals surface area contributed by atoms with E-state index < -0.39 is 21.5 Å². The normalized spacial score (nSPS) is 19.7. The number of primary amides is 1. The second-order valence-electron chi connectivity index (χ2n) is 7.43. The molecule has 1 aliphatic rings. The highest BCUT2D eigenvalue weighted by Gasteiger charge is 2.38. The summed E-state index contributed by atoms with van der Waals surface area (Å²) < 4.78 is 28.1. The molecule has 2 aromatic rings. The van der Waals surface area contributed by atoms with Crippen molar-refractivity contribution in [3.8, 4) is 0 Å². The molecule has 2 unspecified atom stereocenters. The van der Waals surface area contributed by atoms with E-state index in [9.17, 15) is 18.3 Å². The van der Waals surface area contributed by atoms with Crippen molar-refractivity contribution in [1.82, 2.24) is 9.62 Å². The third-order valence-corrected chi connectivity index (χ3v) is 7.01. The van der Waals surface area contributed by atoms with Gasteiger partial charge in [0.1, 0.15) is 0 Å². The van der Waals surface area contributed by atoms with Gasteiger partial charge in [-0.3, -0.25) is 4.79 Å². The molecule has 1 amide bonds. The maximum atomic E-state index is 12.8. The van der Waals surface area contributed by atoms with Crippen molar-refractivity contribution in [2.75, 3.05) is 20.1 Å². The number of carbonyl (C=O) groups excluding carboxylic acids is 1. The van der Waals surface area contributed by atoms with Gasteiger partial charge in [0.2, 0.25) is 10.0 Å². The summed E-state index contributed by atoms with van der Waals surface area (Å²) in [6, 6.07) is 14.3. The molecule has 0 aromatic heterocycles. The van der Waals surface area contributed by atoms with E-state index in [0.29, 0.717) is 12.6 Å². The van der Waals surface area contributed by atoms with Gasteiger partial charge >= 0.3 is 0 Å². The fourth-order valence-corrected chi connectivity index (χ4v) is 4.90. The van der Waals surface area contributed by atoms with Crippen molar-refractivity contribution < 1.29 is 18.3 Å². The van der Waals surface area contributed by atoms with E-state index in [2.05, 4.69) is 9.62 Å². The number of hydrogen-bond acceptors (Lipinski definition) is 5. The first-order valence-corrected chi connectivity index (χ1v) is 11.1. The molecule has 0 bridgehead atoms. The van der Waals surface area contributed by atoms with Gasteiger partial charge in [-0.15, -0.1) is 0 Å². The molecule has 2 atom stereocenters. The Labute approximate surface area is 171 Å². The molecular formula is C21H27N3O4S. The monoisotopic (exact) mass is 417 g/mol. The zero-order valence-corrected chi connectivity index (χ0v) is 17.2. The summed E-state index contributed by atoms with van der Waals surface area (Å²) in [6.45, 7) is 1.35. The lowest BCUT2D eigenvalue weighted by Gasteiger charge is -2.26. The SMILES string of the molecule is CN1CCCC1CCNS(=O)(=O)c1cccc(C(O)(C(N)=O)c2ccccc2)c1. The van der Waals surface area contributed by atoms with E-state index >= 15 is 0 Å². The molecular weight excluding hydrogens is 390 g/mol. The van der Waals surface area contributed by atoms with Gasteiger partial charge in [-0.25, -0.2) is 13.1 Å². The molecule has 2 aromatic carbocycles. The number of benzene rings is 2. The first kappa shape index (κ1) is 21.4. The van der Waals surface area contributed by atoms with E-state index in [4.69, 9.17) is 5.73 Å². The topological polar surface area (TPSA) is 113 Å². The highest BCUT2D eigenvalue weighted by atomic mass is 32.2. The van der Waals surface area contributed by atoms with Crippen molar-refractivity contribution in [1.29, 1.82) is 0 Å². The minimum Gasteiger partial charge on any atom is -0.372 e. The highest BCUT2D eigenvalue weighted by Crippen LogP contribution is 2.30. The van der Waals surface area contributed by atoms with Crippen LogP contribution in [0.1, 0.15) is 30.4 Å². The first-order valence-electron chi connectivity index (χ1n) is 9.63. The Morgan fingerprint density at radius 1 is 1.21 bits per heavy atom. The Hall–Kier alpha value is -2.26. The lowest BCUT2D eigenvalue weighted by molar-refractivity contribution is -0.133. The minimum absolute atomic E-state index is 0.0228. The van der Waals surface area contributed by atoms with Crippen molar-refractivity contribution >= 4 is 15.9 Å². The summed E-state index contributed by atoms with van der Waals surface area (Å²) in [5.41, 5.74) is 3.76. The summed E-state index contributed by atoms with van der Waals surface area (Å²) in [5, 5.41) is 11.1. The van der Waals surface area contributed by atoms with Crippen LogP contribution in [0.3, 0.4) is 0 Å². The molecule has 4 N–H and O–H groups in total. The Morgan fingerprint density at radius 3 is 2.52 bits per heavy atom. The van der Waals surface area contributed by atoms with Crippen molar-refractivity contribution in [2.45, 2.75) is 35.8 Å². The molecule has 8 heteroatoms. The van der Waals surface area contributed by atoms with Gasteiger partial charge in [-0.05, 0) is 56.1 Å². The second kappa shape index (κ2) is 8.62. The van der Waals surface area contributed by atoms with Gasteiger partial charge in [-0.1, -0.05) is 42.5 Å². The van der Waals surface area contributed by atoms with E-state index in [1.54, 1.807) is 30.3 Å². The highest BCUT2D eigenvalue weighted by molar-refractivity contribution is 7.89. The van der Waals surface area contributed by atoms with Crippen LogP contribution in [0.15, 0.2) is 59.5 Å². The molecule has 0 radical (unpaired) electrons. The lowest BCUT2D eigenvalue weighted by atomic mass is 9.86. The van der Waals surface area contributed by atoms with Gasteiger partial charge in [0.15, 0.2) is 5.60 Å². The van der Waals surface area contributed by atoms with Crippen LogP contribution in [0, 0.1) is 0 Å². The number of nitrogens with one attached hydrogen (secondary N) is 1. The number of likely N-dealkylation sites (tertiary alicyclic amines) is 1. The molecule has 1 fully saturated rings. The molecule has 1 saturated heterocycles. The maximum Gasteiger partial charge on any atom is 0.258 e. The van der Waals surface area contributed by atoms with E-state index in [1.165, 1.54) is 24.3 Å². The van der Waals surface area contributed by atoms with Gasteiger partial charge in [0.25, 0.3) is 5.91 Å². The number of nitrogens with two attached hydrogens (primary N) is 1. The Morgan fingerprint density at radius 2 is 1.90 bits per heavy atom. The van der Waals surface area contributed by atoms with Gasteiger partial charge in [0, 0.05) is 12.6 Å². The molecule has 1 heterocycles. The number of carbonyl (C=O) groups is 1. The zero-order chi connectivity index (χ0) is 21.1. The molecule has 0 aliphatic carbocycles. The molecule has 156 valence electrons. The fraction of sp³-hybridized carbons (Fsp3) is 0.381. The van der Waals surface area contributed by atoms with Crippen molar-refractivity contribution in [3.63, 3.8) is 0 Å². The summed E-state index contributed by atoms with van der Waals surface area (Å²) in [6.07, 6.45) is 2.92. The Balaban J connectivity index is 1.83. The molecule has 7 nitrogen and oxygen atoms in total. The van der Waals surface area contributed by atoms with Crippen LogP contribution >= 0.6 is 0 Å². The van der Waals surface area contributed by atoms with Gasteiger partial charge in [0.05, 0.1) is 4.90 Å². The third-order valence-electron chi connectivity index (χ3n) is 5.55. The number of aliphatic hydroxyl groups is 1. The maximum absolute atomic E-state index is 12.8. The first-order chi connectivity index (χ1) is 13.7. The number of rotatable bonds is 8. The van der Waals surface area contributed by atoms with Crippen LogP contribution < -0.4 is 10.5 Å². The summed E-state index contributed by atoms with van der Waals surface area (Å²) in [5.74, 6) is -0.976. The van der Waals surface area contributed by atoms with Crippen molar-refractivity contribution in [2.24, 2.45) is 5.73 Å². The predicted molar refractivity (Wildman–Crippen MR) is 111 cm³/mol. The number of hydrogen-bond donors (Lipinski definition) is 3. The number of nitrogens with zero attached hydrogens (tertiary/aromatic N) is 1. The van der Waals surface area contributed by atoms with Crippen LogP contribution in [0.5, 0.6) is 0 Å². The van der Waals surface area contributed by atoms with E-state index in [0.717, 1.165) is 25.8 Å². The lowest BCUT2D eigenvalue weighted by Crippen LogP contribution is -2.42. The summed E-state index contributed by atoms with van der Waals surface area (Å²) in [4.78, 5) is 14.4. The Bertz CT molecular complexity index is 965. The number of sulfonamides is 1. The Kier molecular flexibility index (Phi) is 6.38. The predicted octanol–water partition coefficient (Wildman–Crippen LogP) is 1.17. The van der Waals surface area contributed by atoms with Crippen LogP contribution in [-0.4, -0.2) is 50.5 Å². The molecule has 29 heavy (non-hydrogen) atoms. The second-order valence-corrected chi connectivity index (χ2v) is 9.20. The fourth-order valence-electron chi connectivity index (χ4n) is 3.81. The van der Waals surface area contributed by atoms with Crippen LogP contribution in [-0.2, 0) is 20.4 Å². The molecule has 3 rings (SSSR count). The summed E-state index contributed by atoms with van der Waals surface area (Å²) >= 11 is 0. The van der Waals surface area contributed by atoms with Gasteiger partial charge < -0.3 is 15.7 Å². The van der Waals surface area contributed by atoms with Gasteiger partial charge in [-0.2, -0.15) is 0 Å². The van der Waals surface area contributed by atoms with Crippen LogP contribution in [0.25, 0.3) is 0 Å². The summed E-state index contributed by atoms with van der Waals surface area (Å²) in [7, 11) is -1.75. The minimum atomic E-state index is -3.79. The van der Waals surface area contributed by atoms with E-state index in [1.807, 2.05) is 7.05 Å². The zero-order valence-electron chi connectivity index (χ0n) is 16.4. The largest absolute Gasteiger partial charge is 0.372 e. The van der Waals surface area contributed by atoms with Crippen molar-refractivity contribution in [3.05, 3.63) is 65.7 Å². The average molecular weight is 418 g/mol. The van der Waals surface area contributed by atoms with E-state index in [-0.39, 0.29) is 16.0 Å². The quantitative estimate of drug-likeness (QED) is 0.597. The number of amides is 1.